The van der Waals surface area contributed by atoms with Gasteiger partial charge in [0.05, 0.1) is 16.1 Å². The van der Waals surface area contributed by atoms with E-state index in [-0.39, 0.29) is 5.46 Å². The second kappa shape index (κ2) is 5.47. The molecule has 0 spiro atoms. The monoisotopic (exact) mass is 285 g/mol. The van der Waals surface area contributed by atoms with Gasteiger partial charge in [-0.25, -0.2) is 0 Å². The van der Waals surface area contributed by atoms with E-state index in [1.807, 2.05) is 0 Å². The molecule has 110 valence electrons. The lowest BCUT2D eigenvalue weighted by atomic mass is 9.76. The molecule has 0 aliphatic carbocycles. The number of benzene rings is 1. The van der Waals surface area contributed by atoms with Crippen molar-refractivity contribution in [3.63, 3.8) is 0 Å². The van der Waals surface area contributed by atoms with Crippen molar-refractivity contribution in [2.75, 3.05) is 0 Å². The molecule has 0 heterocycles. The van der Waals surface area contributed by atoms with Crippen LogP contribution in [0.15, 0.2) is 18.2 Å². The molecule has 0 bridgehead atoms. The minimum Gasteiger partial charge on any atom is -0.423 e. The Morgan fingerprint density at radius 3 is 2.35 bits per heavy atom. The van der Waals surface area contributed by atoms with Crippen LogP contribution in [0.1, 0.15) is 27.7 Å². The minimum absolute atomic E-state index is 0.0374. The molecule has 1 rings (SSSR count). The van der Waals surface area contributed by atoms with E-state index in [1.165, 1.54) is 19.9 Å². The van der Waals surface area contributed by atoms with Crippen molar-refractivity contribution in [3.05, 3.63) is 34.1 Å². The van der Waals surface area contributed by atoms with E-state index in [0.29, 0.717) is 0 Å². The molecule has 1 aromatic carbocycles. The number of nitro benzene ring substituents is 1. The second-order valence-electron chi connectivity index (χ2n) is 5.51. The third kappa shape index (κ3) is 3.53. The van der Waals surface area contributed by atoms with Gasteiger partial charge in [0, 0.05) is 6.07 Å². The van der Waals surface area contributed by atoms with Crippen LogP contribution >= 0.6 is 0 Å². The zero-order chi connectivity index (χ0) is 15.7. The summed E-state index contributed by atoms with van der Waals surface area (Å²) in [6, 6.07) is 2.98. The van der Waals surface area contributed by atoms with E-state index < -0.39 is 34.7 Å². The Bertz CT molecular complexity index is 515. The summed E-state index contributed by atoms with van der Waals surface area (Å²) in [4.78, 5) is 9.76. The van der Waals surface area contributed by atoms with Gasteiger partial charge >= 0.3 is 12.8 Å². The Morgan fingerprint density at radius 2 is 1.90 bits per heavy atom. The van der Waals surface area contributed by atoms with Gasteiger partial charge in [-0.2, -0.15) is 4.39 Å². The third-order valence-corrected chi connectivity index (χ3v) is 3.33. The van der Waals surface area contributed by atoms with Crippen molar-refractivity contribution in [3.8, 4) is 0 Å². The zero-order valence-corrected chi connectivity index (χ0v) is 11.8. The first kappa shape index (κ1) is 16.5. The minimum atomic E-state index is -1.52. The highest BCUT2D eigenvalue weighted by Crippen LogP contribution is 2.25. The largest absolute Gasteiger partial charge is 0.491 e. The quantitative estimate of drug-likeness (QED) is 0.478. The fourth-order valence-electron chi connectivity index (χ4n) is 1.31. The Morgan fingerprint density at radius 1 is 1.35 bits per heavy atom. The summed E-state index contributed by atoms with van der Waals surface area (Å²) in [7, 11) is -1.52. The number of halogens is 1. The van der Waals surface area contributed by atoms with Gasteiger partial charge in [0.15, 0.2) is 5.82 Å². The van der Waals surface area contributed by atoms with Gasteiger partial charge in [-0.15, -0.1) is 0 Å². The van der Waals surface area contributed by atoms with Crippen LogP contribution < -0.4 is 5.46 Å². The van der Waals surface area contributed by atoms with Crippen LogP contribution in [0.3, 0.4) is 0 Å². The van der Waals surface area contributed by atoms with E-state index in [0.717, 1.165) is 12.1 Å². The van der Waals surface area contributed by atoms with E-state index in [2.05, 4.69) is 0 Å². The summed E-state index contributed by atoms with van der Waals surface area (Å²) in [6.45, 7) is 6.14. The fraction of sp³-hybridized carbons (Fsp3) is 0.500. The van der Waals surface area contributed by atoms with Gasteiger partial charge in [-0.05, 0) is 39.2 Å². The lowest BCUT2D eigenvalue weighted by molar-refractivity contribution is -0.387. The number of hydrogen-bond acceptors (Lipinski definition) is 5. The molecule has 0 unspecified atom stereocenters. The molecule has 0 saturated heterocycles. The van der Waals surface area contributed by atoms with Crippen LogP contribution in [0.4, 0.5) is 10.1 Å². The Balaban J connectivity index is 3.02. The maximum absolute atomic E-state index is 13.2. The first-order valence-electron chi connectivity index (χ1n) is 5.98. The molecule has 0 fully saturated rings. The molecule has 0 aromatic heterocycles. The summed E-state index contributed by atoms with van der Waals surface area (Å²) < 4.78 is 18.5. The van der Waals surface area contributed by atoms with Gasteiger partial charge < -0.3 is 14.8 Å². The number of hydrogen-bond donors (Lipinski definition) is 2. The average Bonchev–Trinajstić information content (AvgIpc) is 2.26. The summed E-state index contributed by atoms with van der Waals surface area (Å²) in [6.07, 6.45) is 0. The Labute approximate surface area is 116 Å². The highest BCUT2D eigenvalue weighted by Gasteiger charge is 2.39. The van der Waals surface area contributed by atoms with E-state index >= 15 is 0 Å². The van der Waals surface area contributed by atoms with Crippen molar-refractivity contribution in [2.24, 2.45) is 0 Å². The molecule has 0 amide bonds. The van der Waals surface area contributed by atoms with Crippen molar-refractivity contribution in [1.29, 1.82) is 0 Å². The highest BCUT2D eigenvalue weighted by molar-refractivity contribution is 6.60. The zero-order valence-electron chi connectivity index (χ0n) is 11.8. The normalized spacial score (nSPS) is 12.3. The molecule has 6 nitrogen and oxygen atoms in total. The summed E-state index contributed by atoms with van der Waals surface area (Å²) in [5.41, 5.74) is -3.07. The van der Waals surface area contributed by atoms with E-state index in [1.54, 1.807) is 13.8 Å². The van der Waals surface area contributed by atoms with Crippen LogP contribution in [-0.4, -0.2) is 33.4 Å². The number of rotatable bonds is 5. The smallest absolute Gasteiger partial charge is 0.423 e. The number of nitrogens with zero attached hydrogens (tertiary/aromatic N) is 1. The first-order chi connectivity index (χ1) is 8.95. The Hall–Kier alpha value is -1.51. The van der Waals surface area contributed by atoms with Crippen molar-refractivity contribution in [2.45, 2.75) is 38.9 Å². The molecule has 8 heteroatoms. The predicted octanol–water partition coefficient (Wildman–Crippen LogP) is 0.987. The predicted molar refractivity (Wildman–Crippen MR) is 72.1 cm³/mol. The highest BCUT2D eigenvalue weighted by atomic mass is 19.1. The van der Waals surface area contributed by atoms with E-state index in [4.69, 9.17) is 4.65 Å². The molecule has 0 aliphatic heterocycles. The van der Waals surface area contributed by atoms with Gasteiger partial charge in [-0.3, -0.25) is 10.1 Å². The SMILES string of the molecule is CC(C)(O)C(C)(C)OB(O)c1ccc(F)c([N+](=O)[O-])c1. The molecule has 20 heavy (non-hydrogen) atoms. The third-order valence-electron chi connectivity index (χ3n) is 3.33. The molecule has 0 aliphatic rings. The van der Waals surface area contributed by atoms with Gasteiger partial charge in [-0.1, -0.05) is 6.07 Å². The average molecular weight is 285 g/mol. The molecular formula is C12H17BFNO5. The van der Waals surface area contributed by atoms with Crippen molar-refractivity contribution < 1.29 is 24.1 Å². The van der Waals surface area contributed by atoms with Gasteiger partial charge in [0.25, 0.3) is 0 Å². The maximum atomic E-state index is 13.2. The van der Waals surface area contributed by atoms with Crippen LogP contribution in [0.5, 0.6) is 0 Å². The molecular weight excluding hydrogens is 268 g/mol. The van der Waals surface area contributed by atoms with Gasteiger partial charge in [0.1, 0.15) is 0 Å². The van der Waals surface area contributed by atoms with Crippen LogP contribution in [-0.2, 0) is 4.65 Å². The summed E-state index contributed by atoms with van der Waals surface area (Å²) in [5, 5.41) is 30.5. The fourth-order valence-corrected chi connectivity index (χ4v) is 1.31. The van der Waals surface area contributed by atoms with Gasteiger partial charge in [0.2, 0.25) is 0 Å². The van der Waals surface area contributed by atoms with Crippen molar-refractivity contribution in [1.82, 2.24) is 0 Å². The molecule has 0 saturated carbocycles. The topological polar surface area (TPSA) is 92.8 Å². The van der Waals surface area contributed by atoms with E-state index in [9.17, 15) is 24.6 Å². The first-order valence-corrected chi connectivity index (χ1v) is 5.98. The lowest BCUT2D eigenvalue weighted by Gasteiger charge is -2.38. The molecule has 1 aromatic rings. The number of aliphatic hydroxyl groups is 1. The second-order valence-corrected chi connectivity index (χ2v) is 5.51. The molecule has 0 radical (unpaired) electrons. The number of nitro groups is 1. The lowest BCUT2D eigenvalue weighted by Crippen LogP contribution is -2.53. The Kier molecular flexibility index (Phi) is 4.53. The van der Waals surface area contributed by atoms with Crippen LogP contribution in [0.25, 0.3) is 0 Å². The van der Waals surface area contributed by atoms with Crippen LogP contribution in [0, 0.1) is 15.9 Å². The summed E-state index contributed by atoms with van der Waals surface area (Å²) in [5.74, 6) is -0.993. The summed E-state index contributed by atoms with van der Waals surface area (Å²) >= 11 is 0. The standard InChI is InChI=1S/C12H17BFNO5/c1-11(2,16)12(3,4)20-13(17)8-5-6-9(14)10(7-8)15(18)19/h5-7,16-17H,1-4H3. The van der Waals surface area contributed by atoms with Crippen LogP contribution in [0.2, 0.25) is 0 Å². The maximum Gasteiger partial charge on any atom is 0.491 e. The molecule has 2 N–H and O–H groups in total. The van der Waals surface area contributed by atoms with Crippen molar-refractivity contribution >= 4 is 18.3 Å². The molecule has 0 atom stereocenters.